The van der Waals surface area contributed by atoms with Gasteiger partial charge < -0.3 is 14.9 Å². The molecule has 0 atom stereocenters. The minimum Gasteiger partial charge on any atom is -0.507 e. The molecule has 0 spiro atoms. The lowest BCUT2D eigenvalue weighted by molar-refractivity contribution is -0.145. The maximum atomic E-state index is 14.1. The topological polar surface area (TPSA) is 60.9 Å². The Kier molecular flexibility index (Phi) is 4.18. The highest BCUT2D eigenvalue weighted by atomic mass is 19.1. The lowest BCUT2D eigenvalue weighted by Gasteiger charge is -2.46. The van der Waals surface area contributed by atoms with Crippen molar-refractivity contribution in [3.8, 4) is 16.9 Å². The van der Waals surface area contributed by atoms with Crippen molar-refractivity contribution >= 4 is 11.8 Å². The number of carbonyl (C=O) groups excluding carboxylic acids is 2. The quantitative estimate of drug-likeness (QED) is 0.849. The van der Waals surface area contributed by atoms with Crippen molar-refractivity contribution in [2.45, 2.75) is 19.0 Å². The normalized spacial score (nSPS) is 16.7. The molecule has 1 saturated heterocycles. The lowest BCUT2D eigenvalue weighted by Crippen LogP contribution is -2.62. The molecule has 6 heteroatoms. The van der Waals surface area contributed by atoms with Gasteiger partial charge in [-0.05, 0) is 34.9 Å². The molecule has 2 amide bonds. The van der Waals surface area contributed by atoms with Crippen LogP contribution in [0.25, 0.3) is 11.1 Å². The summed E-state index contributed by atoms with van der Waals surface area (Å²) in [6, 6.07) is 9.63. The maximum Gasteiger partial charge on any atom is 0.246 e. The fourth-order valence-electron chi connectivity index (χ4n) is 3.73. The smallest absolute Gasteiger partial charge is 0.246 e. The van der Waals surface area contributed by atoms with Crippen LogP contribution in [0.3, 0.4) is 0 Å². The zero-order chi connectivity index (χ0) is 19.1. The van der Waals surface area contributed by atoms with Crippen molar-refractivity contribution in [1.82, 2.24) is 9.80 Å². The van der Waals surface area contributed by atoms with E-state index in [1.165, 1.54) is 24.3 Å². The summed E-state index contributed by atoms with van der Waals surface area (Å²) in [7, 11) is 0. The van der Waals surface area contributed by atoms with Crippen LogP contribution in [0.5, 0.6) is 5.75 Å². The van der Waals surface area contributed by atoms with Crippen LogP contribution in [0.4, 0.5) is 4.39 Å². The first-order chi connectivity index (χ1) is 13.0. The van der Waals surface area contributed by atoms with Crippen LogP contribution in [0.1, 0.15) is 11.1 Å². The van der Waals surface area contributed by atoms with Gasteiger partial charge in [0.1, 0.15) is 11.6 Å². The highest BCUT2D eigenvalue weighted by molar-refractivity contribution is 5.88. The van der Waals surface area contributed by atoms with Gasteiger partial charge >= 0.3 is 0 Å². The molecule has 138 valence electrons. The fourth-order valence-corrected chi connectivity index (χ4v) is 3.73. The molecular weight excluding hydrogens is 347 g/mol. The molecule has 0 aromatic heterocycles. The molecule has 0 saturated carbocycles. The van der Waals surface area contributed by atoms with E-state index in [0.717, 1.165) is 11.1 Å². The van der Waals surface area contributed by atoms with Gasteiger partial charge in [-0.15, -0.1) is 0 Å². The summed E-state index contributed by atoms with van der Waals surface area (Å²) in [6.07, 6.45) is 1.51. The molecule has 0 aliphatic carbocycles. The number of likely N-dealkylation sites (tertiary alicyclic amines) is 1. The van der Waals surface area contributed by atoms with E-state index in [4.69, 9.17) is 0 Å². The Morgan fingerprint density at radius 2 is 2.00 bits per heavy atom. The summed E-state index contributed by atoms with van der Waals surface area (Å²) >= 11 is 0. The summed E-state index contributed by atoms with van der Waals surface area (Å²) in [4.78, 5) is 27.6. The minimum absolute atomic E-state index is 0.00638. The van der Waals surface area contributed by atoms with Crippen LogP contribution < -0.4 is 0 Å². The zero-order valence-electron chi connectivity index (χ0n) is 14.7. The zero-order valence-corrected chi connectivity index (χ0v) is 14.7. The van der Waals surface area contributed by atoms with Crippen LogP contribution >= 0.6 is 0 Å². The first-order valence-electron chi connectivity index (χ1n) is 8.78. The standard InChI is InChI=1S/C21H19FN2O3/c1-2-19(26)23-11-16(12-23)24-10-14-7-6-13(8-15(14)9-20(24)27)21-17(22)4-3-5-18(21)25/h2-8,16,25H,1,9-12H2. The van der Waals surface area contributed by atoms with Crippen molar-refractivity contribution in [2.24, 2.45) is 0 Å². The molecule has 0 unspecified atom stereocenters. The van der Waals surface area contributed by atoms with E-state index in [0.29, 0.717) is 25.2 Å². The van der Waals surface area contributed by atoms with Gasteiger partial charge in [0, 0.05) is 19.6 Å². The van der Waals surface area contributed by atoms with Gasteiger partial charge in [0.15, 0.2) is 0 Å². The number of phenolic OH excluding ortho intramolecular Hbond substituents is 1. The van der Waals surface area contributed by atoms with Gasteiger partial charge in [0.05, 0.1) is 18.0 Å². The molecule has 4 rings (SSSR count). The summed E-state index contributed by atoms with van der Waals surface area (Å²) in [5, 5.41) is 9.99. The highest BCUT2D eigenvalue weighted by Crippen LogP contribution is 2.34. The molecular formula is C21H19FN2O3. The van der Waals surface area contributed by atoms with Crippen LogP contribution in [0.15, 0.2) is 49.1 Å². The molecule has 5 nitrogen and oxygen atoms in total. The summed E-state index contributed by atoms with van der Waals surface area (Å²) < 4.78 is 14.1. The van der Waals surface area contributed by atoms with E-state index >= 15 is 0 Å². The average molecular weight is 366 g/mol. The van der Waals surface area contributed by atoms with Gasteiger partial charge in [-0.25, -0.2) is 4.39 Å². The second-order valence-electron chi connectivity index (χ2n) is 6.92. The number of halogens is 1. The molecule has 27 heavy (non-hydrogen) atoms. The number of rotatable bonds is 3. The predicted octanol–water partition coefficient (Wildman–Crippen LogP) is 2.48. The number of benzene rings is 2. The van der Waals surface area contributed by atoms with E-state index in [1.807, 2.05) is 6.07 Å². The first kappa shape index (κ1) is 17.3. The number of aromatic hydroxyl groups is 1. The third-order valence-corrected chi connectivity index (χ3v) is 5.28. The number of nitrogens with zero attached hydrogens (tertiary/aromatic N) is 2. The van der Waals surface area contributed by atoms with E-state index in [-0.39, 0.29) is 35.6 Å². The van der Waals surface area contributed by atoms with Crippen molar-refractivity contribution < 1.29 is 19.1 Å². The van der Waals surface area contributed by atoms with Crippen LogP contribution in [0.2, 0.25) is 0 Å². The fraction of sp³-hybridized carbons (Fsp3) is 0.238. The second kappa shape index (κ2) is 6.54. The molecule has 2 aromatic carbocycles. The molecule has 2 aromatic rings. The molecule has 2 heterocycles. The number of hydrogen-bond donors (Lipinski definition) is 1. The lowest BCUT2D eigenvalue weighted by atomic mass is 9.92. The molecule has 1 N–H and O–H groups in total. The summed E-state index contributed by atoms with van der Waals surface area (Å²) in [5.41, 5.74) is 2.54. The number of carbonyl (C=O) groups is 2. The average Bonchev–Trinajstić information content (AvgIpc) is 2.60. The van der Waals surface area contributed by atoms with E-state index in [2.05, 4.69) is 6.58 Å². The van der Waals surface area contributed by atoms with Gasteiger partial charge in [0.25, 0.3) is 0 Å². The van der Waals surface area contributed by atoms with Gasteiger partial charge in [-0.2, -0.15) is 0 Å². The van der Waals surface area contributed by atoms with Crippen LogP contribution in [0, 0.1) is 5.82 Å². The van der Waals surface area contributed by atoms with Crippen molar-refractivity contribution in [3.05, 3.63) is 66.0 Å². The Morgan fingerprint density at radius 3 is 2.70 bits per heavy atom. The number of phenols is 1. The largest absolute Gasteiger partial charge is 0.507 e. The van der Waals surface area contributed by atoms with Gasteiger partial charge in [0.2, 0.25) is 11.8 Å². The summed E-state index contributed by atoms with van der Waals surface area (Å²) in [5.74, 6) is -0.751. The van der Waals surface area contributed by atoms with E-state index in [1.54, 1.807) is 21.9 Å². The minimum atomic E-state index is -0.500. The highest BCUT2D eigenvalue weighted by Gasteiger charge is 2.38. The molecule has 2 aliphatic heterocycles. The Labute approximate surface area is 156 Å². The van der Waals surface area contributed by atoms with E-state index in [9.17, 15) is 19.1 Å². The monoisotopic (exact) mass is 366 g/mol. The van der Waals surface area contributed by atoms with Crippen molar-refractivity contribution in [2.75, 3.05) is 13.1 Å². The Hall–Kier alpha value is -3.15. The SMILES string of the molecule is C=CC(=O)N1CC(N2Cc3ccc(-c4c(O)cccc4F)cc3CC2=O)C1. The first-order valence-corrected chi connectivity index (χ1v) is 8.78. The van der Waals surface area contributed by atoms with Crippen molar-refractivity contribution in [1.29, 1.82) is 0 Å². The molecule has 1 fully saturated rings. The van der Waals surface area contributed by atoms with Crippen LogP contribution in [-0.2, 0) is 22.6 Å². The third-order valence-electron chi connectivity index (χ3n) is 5.28. The number of amides is 2. The molecule has 0 radical (unpaired) electrons. The molecule has 2 aliphatic rings. The summed E-state index contributed by atoms with van der Waals surface area (Å²) in [6.45, 7) is 4.99. The van der Waals surface area contributed by atoms with Gasteiger partial charge in [-0.1, -0.05) is 30.8 Å². The van der Waals surface area contributed by atoms with Crippen molar-refractivity contribution in [3.63, 3.8) is 0 Å². The Bertz CT molecular complexity index is 930. The predicted molar refractivity (Wildman–Crippen MR) is 98.3 cm³/mol. The molecule has 0 bridgehead atoms. The Balaban J connectivity index is 1.56. The van der Waals surface area contributed by atoms with Crippen LogP contribution in [-0.4, -0.2) is 45.9 Å². The second-order valence-corrected chi connectivity index (χ2v) is 6.92. The number of hydrogen-bond acceptors (Lipinski definition) is 3. The Morgan fingerprint density at radius 1 is 1.22 bits per heavy atom. The number of fused-ring (bicyclic) bond motifs is 1. The maximum absolute atomic E-state index is 14.1. The third kappa shape index (κ3) is 2.97. The van der Waals surface area contributed by atoms with E-state index < -0.39 is 5.82 Å². The van der Waals surface area contributed by atoms with Gasteiger partial charge in [-0.3, -0.25) is 9.59 Å².